The lowest BCUT2D eigenvalue weighted by atomic mass is 9.73. The van der Waals surface area contributed by atoms with Crippen LogP contribution in [0.5, 0.6) is 5.75 Å². The molecule has 0 aliphatic carbocycles. The molecule has 0 radical (unpaired) electrons. The third-order valence-corrected chi connectivity index (χ3v) is 8.24. The minimum atomic E-state index is -1.42. The zero-order valence-electron chi connectivity index (χ0n) is 18.1. The highest BCUT2D eigenvalue weighted by Crippen LogP contribution is 2.53. The first-order valence-electron chi connectivity index (χ1n) is 10.8. The minimum Gasteiger partial charge on any atom is -0.486 e. The smallest absolute Gasteiger partial charge is 0.179 e. The van der Waals surface area contributed by atoms with Crippen LogP contribution in [0.3, 0.4) is 0 Å². The van der Waals surface area contributed by atoms with Crippen LogP contribution >= 0.6 is 11.6 Å². The first kappa shape index (κ1) is 21.6. The summed E-state index contributed by atoms with van der Waals surface area (Å²) in [7, 11) is -1.42. The lowest BCUT2D eigenvalue weighted by molar-refractivity contribution is 0.0365. The third kappa shape index (κ3) is 3.74. The van der Waals surface area contributed by atoms with Gasteiger partial charge in [0.2, 0.25) is 0 Å². The second-order valence-electron chi connectivity index (χ2n) is 9.21. The van der Waals surface area contributed by atoms with E-state index in [-0.39, 0.29) is 11.5 Å². The van der Waals surface area contributed by atoms with E-state index in [0.717, 1.165) is 43.0 Å². The molecule has 5 rings (SSSR count). The van der Waals surface area contributed by atoms with Gasteiger partial charge in [0.15, 0.2) is 5.65 Å². The molecule has 2 aliphatic heterocycles. The molecule has 1 spiro atoms. The van der Waals surface area contributed by atoms with Crippen LogP contribution in [0.15, 0.2) is 42.6 Å². The van der Waals surface area contributed by atoms with Crippen molar-refractivity contribution in [3.05, 3.63) is 53.3 Å². The molecule has 0 saturated carbocycles. The van der Waals surface area contributed by atoms with Gasteiger partial charge in [-0.05, 0) is 38.5 Å². The molecule has 32 heavy (non-hydrogen) atoms. The molecule has 2 N–H and O–H groups in total. The van der Waals surface area contributed by atoms with Crippen LogP contribution in [-0.2, 0) is 11.0 Å². The van der Waals surface area contributed by atoms with E-state index in [1.807, 2.05) is 38.1 Å². The molecule has 4 heterocycles. The van der Waals surface area contributed by atoms with Crippen molar-refractivity contribution >= 4 is 39.6 Å². The van der Waals surface area contributed by atoms with Gasteiger partial charge in [-0.3, -0.25) is 5.14 Å². The number of rotatable bonds is 4. The van der Waals surface area contributed by atoms with Gasteiger partial charge in [-0.25, -0.2) is 19.2 Å². The quantitative estimate of drug-likeness (QED) is 0.578. The number of para-hydroxylation sites is 1. The Kier molecular flexibility index (Phi) is 5.34. The highest BCUT2D eigenvalue weighted by Gasteiger charge is 2.51. The lowest BCUT2D eigenvalue weighted by Crippen LogP contribution is -2.51. The Morgan fingerprint density at radius 3 is 2.72 bits per heavy atom. The van der Waals surface area contributed by atoms with Gasteiger partial charge in [-0.15, -0.1) is 0 Å². The first-order chi connectivity index (χ1) is 15.3. The predicted octanol–water partition coefficient (Wildman–Crippen LogP) is 3.98. The molecule has 2 aliphatic rings. The van der Waals surface area contributed by atoms with E-state index in [9.17, 15) is 4.21 Å². The van der Waals surface area contributed by atoms with Gasteiger partial charge in [-0.1, -0.05) is 29.8 Å². The molecule has 168 valence electrons. The molecule has 1 fully saturated rings. The molecule has 1 aromatic carbocycles. The molecule has 1 saturated heterocycles. The van der Waals surface area contributed by atoms with E-state index in [0.29, 0.717) is 17.2 Å². The summed E-state index contributed by atoms with van der Waals surface area (Å²) in [5, 5.41) is 6.24. The standard InChI is InChI=1S/C23H26ClN5O2S/c1-22(2,32(25)30)13-16-15-5-3-4-6-18(15)31-23(16)9-11-29(12-10-23)20-14-26-21-17(27-20)7-8-19(24)28-21/h3-8,14,16H,9-13,25H2,1-2H3/t16-,32?/m1/s1. The molecule has 2 aromatic heterocycles. The second kappa shape index (κ2) is 7.93. The van der Waals surface area contributed by atoms with Crippen LogP contribution in [0.1, 0.15) is 44.6 Å². The van der Waals surface area contributed by atoms with Crippen LogP contribution in [0.25, 0.3) is 11.2 Å². The maximum absolute atomic E-state index is 12.2. The Balaban J connectivity index is 1.40. The number of halogens is 1. The van der Waals surface area contributed by atoms with Gasteiger partial charge in [0.25, 0.3) is 0 Å². The molecular weight excluding hydrogens is 446 g/mol. The molecule has 7 nitrogen and oxygen atoms in total. The summed E-state index contributed by atoms with van der Waals surface area (Å²) in [5.41, 5.74) is 2.12. The van der Waals surface area contributed by atoms with Crippen LogP contribution in [0, 0.1) is 0 Å². The summed E-state index contributed by atoms with van der Waals surface area (Å²) in [6.07, 6.45) is 4.12. The van der Waals surface area contributed by atoms with E-state index >= 15 is 0 Å². The summed E-state index contributed by atoms with van der Waals surface area (Å²) in [5.74, 6) is 1.89. The van der Waals surface area contributed by atoms with E-state index < -0.39 is 15.7 Å². The number of fused-ring (bicyclic) bond motifs is 2. The Morgan fingerprint density at radius 2 is 1.97 bits per heavy atom. The Hall–Kier alpha value is -2.29. The van der Waals surface area contributed by atoms with Crippen molar-refractivity contribution in [2.24, 2.45) is 5.14 Å². The molecule has 0 amide bonds. The van der Waals surface area contributed by atoms with Gasteiger partial charge in [0, 0.05) is 37.4 Å². The molecular formula is C23H26ClN5O2S. The van der Waals surface area contributed by atoms with Gasteiger partial charge in [0.05, 0.1) is 21.9 Å². The van der Waals surface area contributed by atoms with Crippen molar-refractivity contribution in [2.75, 3.05) is 18.0 Å². The number of nitrogens with zero attached hydrogens (tertiary/aromatic N) is 4. The summed E-state index contributed by atoms with van der Waals surface area (Å²) in [6.45, 7) is 5.52. The van der Waals surface area contributed by atoms with Crippen molar-refractivity contribution < 1.29 is 8.95 Å². The average Bonchev–Trinajstić information content (AvgIpc) is 3.06. The van der Waals surface area contributed by atoms with Crippen molar-refractivity contribution in [3.63, 3.8) is 0 Å². The maximum atomic E-state index is 12.2. The van der Waals surface area contributed by atoms with E-state index in [2.05, 4.69) is 20.9 Å². The third-order valence-electron chi connectivity index (χ3n) is 6.77. The number of pyridine rings is 1. The largest absolute Gasteiger partial charge is 0.486 e. The summed E-state index contributed by atoms with van der Waals surface area (Å²) in [4.78, 5) is 15.6. The second-order valence-corrected chi connectivity index (χ2v) is 11.3. The predicted molar refractivity (Wildman–Crippen MR) is 127 cm³/mol. The van der Waals surface area contributed by atoms with E-state index in [1.54, 1.807) is 12.3 Å². The van der Waals surface area contributed by atoms with Crippen molar-refractivity contribution in [1.82, 2.24) is 15.0 Å². The zero-order chi connectivity index (χ0) is 22.5. The fraction of sp³-hybridized carbons (Fsp3) is 0.435. The highest BCUT2D eigenvalue weighted by atomic mass is 35.5. The topological polar surface area (TPSA) is 94.2 Å². The summed E-state index contributed by atoms with van der Waals surface area (Å²) in [6, 6.07) is 11.8. The number of nitrogens with two attached hydrogens (primary N) is 1. The first-order valence-corrected chi connectivity index (χ1v) is 12.3. The summed E-state index contributed by atoms with van der Waals surface area (Å²) >= 11 is 5.96. The normalized spacial score (nSPS) is 20.9. The SMILES string of the molecule is CC(C)(C[C@@H]1c2ccccc2OC12CCN(c1cnc3nc(Cl)ccc3n1)CC2)S(N)=O. The van der Waals surface area contributed by atoms with Crippen molar-refractivity contribution in [2.45, 2.75) is 49.4 Å². The number of piperidine rings is 1. The lowest BCUT2D eigenvalue weighted by Gasteiger charge is -2.44. The Morgan fingerprint density at radius 1 is 1.22 bits per heavy atom. The number of hydrogen-bond donors (Lipinski definition) is 1. The Bertz CT molecular complexity index is 1200. The van der Waals surface area contributed by atoms with Gasteiger partial charge in [-0.2, -0.15) is 0 Å². The maximum Gasteiger partial charge on any atom is 0.179 e. The number of benzene rings is 1. The molecule has 9 heteroatoms. The number of aromatic nitrogens is 3. The minimum absolute atomic E-state index is 0.136. The van der Waals surface area contributed by atoms with Gasteiger partial charge in [0.1, 0.15) is 27.8 Å². The van der Waals surface area contributed by atoms with Crippen LogP contribution in [0.2, 0.25) is 5.15 Å². The molecule has 2 atom stereocenters. The van der Waals surface area contributed by atoms with Crippen molar-refractivity contribution in [1.29, 1.82) is 0 Å². The van der Waals surface area contributed by atoms with Gasteiger partial charge < -0.3 is 9.64 Å². The fourth-order valence-corrected chi connectivity index (χ4v) is 5.37. The highest BCUT2D eigenvalue weighted by molar-refractivity contribution is 7.84. The molecule has 0 bridgehead atoms. The monoisotopic (exact) mass is 471 g/mol. The van der Waals surface area contributed by atoms with Crippen LogP contribution in [-0.4, -0.2) is 42.6 Å². The average molecular weight is 472 g/mol. The fourth-order valence-electron chi connectivity index (χ4n) is 4.89. The van der Waals surface area contributed by atoms with E-state index in [4.69, 9.17) is 26.5 Å². The van der Waals surface area contributed by atoms with Crippen LogP contribution < -0.4 is 14.8 Å². The summed E-state index contributed by atoms with van der Waals surface area (Å²) < 4.78 is 18.3. The van der Waals surface area contributed by atoms with Gasteiger partial charge >= 0.3 is 0 Å². The number of ether oxygens (including phenoxy) is 1. The molecule has 3 aromatic rings. The number of anilines is 1. The Labute approximate surface area is 194 Å². The molecule has 1 unspecified atom stereocenters. The van der Waals surface area contributed by atoms with Crippen molar-refractivity contribution in [3.8, 4) is 5.75 Å². The zero-order valence-corrected chi connectivity index (χ0v) is 19.7. The number of hydrogen-bond acceptors (Lipinski definition) is 6. The van der Waals surface area contributed by atoms with Crippen LogP contribution in [0.4, 0.5) is 5.82 Å². The van der Waals surface area contributed by atoms with E-state index in [1.165, 1.54) is 5.56 Å².